The fraction of sp³-hybridized carbons (Fsp3) is 0.478. The number of hydrogen-bond acceptors (Lipinski definition) is 6. The number of aliphatic hydroxyl groups is 1. The summed E-state index contributed by atoms with van der Waals surface area (Å²) >= 11 is 12.8. The van der Waals surface area contributed by atoms with Crippen LogP contribution >= 0.6 is 23.2 Å². The molecule has 0 bridgehead atoms. The predicted octanol–water partition coefficient (Wildman–Crippen LogP) is 3.84. The van der Waals surface area contributed by atoms with Crippen LogP contribution in [0, 0.1) is 12.3 Å². The molecule has 9 heteroatoms. The first kappa shape index (κ1) is 21.9. The molecule has 2 aliphatic rings. The smallest absolute Gasteiger partial charge is 0.166 e. The molecule has 2 saturated heterocycles. The van der Waals surface area contributed by atoms with E-state index in [1.807, 2.05) is 29.6 Å². The van der Waals surface area contributed by atoms with E-state index in [2.05, 4.69) is 21.9 Å². The number of benzene rings is 1. The molecule has 32 heavy (non-hydrogen) atoms. The highest BCUT2D eigenvalue weighted by molar-refractivity contribution is 6.43. The average Bonchev–Trinajstić information content (AvgIpc) is 3.30. The van der Waals surface area contributed by atoms with Crippen molar-refractivity contribution in [3.05, 3.63) is 45.7 Å². The van der Waals surface area contributed by atoms with Gasteiger partial charge in [-0.15, -0.1) is 5.10 Å². The summed E-state index contributed by atoms with van der Waals surface area (Å²) < 4.78 is 7.72. The summed E-state index contributed by atoms with van der Waals surface area (Å²) in [5.74, 6) is 1.55. The summed E-state index contributed by atoms with van der Waals surface area (Å²) in [6, 6.07) is 7.52. The zero-order chi connectivity index (χ0) is 22.6. The van der Waals surface area contributed by atoms with Gasteiger partial charge in [0.2, 0.25) is 0 Å². The number of nitrogens with two attached hydrogens (primary N) is 1. The second-order valence-electron chi connectivity index (χ2n) is 8.95. The molecular formula is C23H27Cl2N5O2. The zero-order valence-corrected chi connectivity index (χ0v) is 19.7. The SMILES string of the molecule is Cc1nc2c(-c3cccc(Cl)c3Cl)c(CO)cc(N3CCC4(CC3)COC(C)[C@H]4N)n2n1. The van der Waals surface area contributed by atoms with Gasteiger partial charge in [-0.05, 0) is 44.4 Å². The number of piperidine rings is 1. The van der Waals surface area contributed by atoms with E-state index in [-0.39, 0.29) is 24.2 Å². The number of rotatable bonds is 3. The number of aryl methyl sites for hydroxylation is 1. The molecule has 5 rings (SSSR count). The van der Waals surface area contributed by atoms with Crippen molar-refractivity contribution in [2.45, 2.75) is 45.4 Å². The van der Waals surface area contributed by atoms with Crippen LogP contribution in [0.25, 0.3) is 16.8 Å². The largest absolute Gasteiger partial charge is 0.392 e. The van der Waals surface area contributed by atoms with E-state index >= 15 is 0 Å². The first-order chi connectivity index (χ1) is 15.3. The van der Waals surface area contributed by atoms with Gasteiger partial charge < -0.3 is 20.5 Å². The Bertz CT molecular complexity index is 1170. The summed E-state index contributed by atoms with van der Waals surface area (Å²) in [5, 5.41) is 15.8. The normalized spacial score (nSPS) is 22.9. The number of fused-ring (bicyclic) bond motifs is 1. The Morgan fingerprint density at radius 1 is 1.28 bits per heavy atom. The first-order valence-electron chi connectivity index (χ1n) is 10.9. The predicted molar refractivity (Wildman–Crippen MR) is 126 cm³/mol. The summed E-state index contributed by atoms with van der Waals surface area (Å²) in [6.07, 6.45) is 1.99. The van der Waals surface area contributed by atoms with Crippen molar-refractivity contribution in [2.75, 3.05) is 24.6 Å². The molecule has 0 saturated carbocycles. The highest BCUT2D eigenvalue weighted by atomic mass is 35.5. The number of aliphatic hydroxyl groups excluding tert-OH is 1. The molecule has 2 aromatic heterocycles. The molecule has 1 unspecified atom stereocenters. The second kappa shape index (κ2) is 8.15. The van der Waals surface area contributed by atoms with Gasteiger partial charge in [-0.3, -0.25) is 0 Å². The van der Waals surface area contributed by atoms with Crippen molar-refractivity contribution in [1.29, 1.82) is 0 Å². The molecule has 1 aromatic carbocycles. The highest BCUT2D eigenvalue weighted by Gasteiger charge is 2.47. The number of aromatic nitrogens is 3. The van der Waals surface area contributed by atoms with Crippen LogP contribution in [0.1, 0.15) is 31.2 Å². The van der Waals surface area contributed by atoms with Gasteiger partial charge in [0.1, 0.15) is 11.6 Å². The van der Waals surface area contributed by atoms with Gasteiger partial charge in [-0.25, -0.2) is 4.98 Å². The molecule has 0 radical (unpaired) electrons. The van der Waals surface area contributed by atoms with Gasteiger partial charge in [-0.2, -0.15) is 4.52 Å². The molecule has 0 amide bonds. The Hall–Kier alpha value is -1.90. The number of ether oxygens (including phenoxy) is 1. The molecular weight excluding hydrogens is 449 g/mol. The van der Waals surface area contributed by atoms with Crippen LogP contribution in [-0.4, -0.2) is 51.5 Å². The van der Waals surface area contributed by atoms with Crippen LogP contribution in [0.2, 0.25) is 10.0 Å². The van der Waals surface area contributed by atoms with Gasteiger partial charge in [0, 0.05) is 35.7 Å². The summed E-state index contributed by atoms with van der Waals surface area (Å²) in [7, 11) is 0. The number of anilines is 1. The topological polar surface area (TPSA) is 88.9 Å². The lowest BCUT2D eigenvalue weighted by Crippen LogP contribution is -2.51. The Morgan fingerprint density at radius 2 is 2.03 bits per heavy atom. The molecule has 0 aliphatic carbocycles. The van der Waals surface area contributed by atoms with Crippen LogP contribution < -0.4 is 10.6 Å². The number of nitrogens with zero attached hydrogens (tertiary/aromatic N) is 4. The Kier molecular flexibility index (Phi) is 5.58. The van der Waals surface area contributed by atoms with Gasteiger partial charge >= 0.3 is 0 Å². The fourth-order valence-corrected chi connectivity index (χ4v) is 5.56. The third-order valence-electron chi connectivity index (χ3n) is 7.10. The summed E-state index contributed by atoms with van der Waals surface area (Å²) in [4.78, 5) is 6.99. The second-order valence-corrected chi connectivity index (χ2v) is 9.73. The lowest BCUT2D eigenvalue weighted by Gasteiger charge is -2.42. The Balaban J connectivity index is 1.58. The van der Waals surface area contributed by atoms with Crippen molar-refractivity contribution in [1.82, 2.24) is 14.6 Å². The van der Waals surface area contributed by atoms with E-state index in [0.717, 1.165) is 55.0 Å². The van der Waals surface area contributed by atoms with Gasteiger partial charge in [0.25, 0.3) is 0 Å². The van der Waals surface area contributed by atoms with Gasteiger partial charge in [0.05, 0.1) is 29.4 Å². The molecule has 3 aromatic rings. The van der Waals surface area contributed by atoms with Crippen LogP contribution in [-0.2, 0) is 11.3 Å². The van der Waals surface area contributed by atoms with Crippen LogP contribution in [0.15, 0.2) is 24.3 Å². The Labute approximate surface area is 197 Å². The molecule has 2 atom stereocenters. The molecule has 1 spiro atoms. The minimum Gasteiger partial charge on any atom is -0.392 e. The standard InChI is InChI=1S/C23H27Cl2N5O2/c1-13-21(26)23(12-32-13)6-8-29(9-7-23)18-10-15(11-31)19(22-27-14(2)28-30(18)22)16-4-3-5-17(24)20(16)25/h3-5,10,13,21,31H,6-9,11-12,26H2,1-2H3/t13?,21-/m1/s1. The maximum Gasteiger partial charge on any atom is 0.166 e. The monoisotopic (exact) mass is 475 g/mol. The highest BCUT2D eigenvalue weighted by Crippen LogP contribution is 2.43. The van der Waals surface area contributed by atoms with E-state index < -0.39 is 0 Å². The molecule has 2 fully saturated rings. The van der Waals surface area contributed by atoms with E-state index in [4.69, 9.17) is 33.7 Å². The van der Waals surface area contributed by atoms with Gasteiger partial charge in [0.15, 0.2) is 5.65 Å². The van der Waals surface area contributed by atoms with E-state index in [9.17, 15) is 5.11 Å². The lowest BCUT2D eigenvalue weighted by molar-refractivity contribution is 0.0974. The summed E-state index contributed by atoms with van der Waals surface area (Å²) in [6.45, 7) is 6.15. The Morgan fingerprint density at radius 3 is 2.69 bits per heavy atom. The summed E-state index contributed by atoms with van der Waals surface area (Å²) in [5.41, 5.74) is 9.39. The van der Waals surface area contributed by atoms with Crippen LogP contribution in [0.5, 0.6) is 0 Å². The molecule has 4 heterocycles. The van der Waals surface area contributed by atoms with Crippen molar-refractivity contribution in [3.63, 3.8) is 0 Å². The van der Waals surface area contributed by atoms with E-state index in [1.165, 1.54) is 0 Å². The molecule has 3 N–H and O–H groups in total. The number of halogens is 2. The van der Waals surface area contributed by atoms with Crippen molar-refractivity contribution in [2.24, 2.45) is 11.1 Å². The fourth-order valence-electron chi connectivity index (χ4n) is 5.16. The van der Waals surface area contributed by atoms with E-state index in [0.29, 0.717) is 21.5 Å². The molecule has 2 aliphatic heterocycles. The third-order valence-corrected chi connectivity index (χ3v) is 7.92. The van der Waals surface area contributed by atoms with Gasteiger partial charge in [-0.1, -0.05) is 35.3 Å². The third kappa shape index (κ3) is 3.38. The quantitative estimate of drug-likeness (QED) is 0.598. The van der Waals surface area contributed by atoms with Crippen molar-refractivity contribution < 1.29 is 9.84 Å². The zero-order valence-electron chi connectivity index (χ0n) is 18.2. The molecule has 170 valence electrons. The number of hydrogen-bond donors (Lipinski definition) is 2. The minimum atomic E-state index is -0.151. The maximum absolute atomic E-state index is 10.3. The van der Waals surface area contributed by atoms with Crippen LogP contribution in [0.4, 0.5) is 5.82 Å². The first-order valence-corrected chi connectivity index (χ1v) is 11.7. The van der Waals surface area contributed by atoms with Crippen molar-refractivity contribution >= 4 is 34.7 Å². The average molecular weight is 476 g/mol. The maximum atomic E-state index is 10.3. The van der Waals surface area contributed by atoms with Crippen molar-refractivity contribution in [3.8, 4) is 11.1 Å². The minimum absolute atomic E-state index is 0.0291. The lowest BCUT2D eigenvalue weighted by atomic mass is 9.73. The van der Waals surface area contributed by atoms with E-state index in [1.54, 1.807) is 6.07 Å². The van der Waals surface area contributed by atoms with Crippen LogP contribution in [0.3, 0.4) is 0 Å². The number of pyridine rings is 1. The molecule has 7 nitrogen and oxygen atoms in total.